The van der Waals surface area contributed by atoms with Crippen LogP contribution in [0.1, 0.15) is 43.6 Å². The van der Waals surface area contributed by atoms with Crippen molar-refractivity contribution in [3.05, 3.63) is 54.5 Å². The van der Waals surface area contributed by atoms with Crippen molar-refractivity contribution in [3.63, 3.8) is 0 Å². The Balaban J connectivity index is 1.34. The molecular weight excluding hydrogens is 412 g/mol. The maximum atomic E-state index is 11.9. The molecule has 2 atom stereocenters. The largest absolute Gasteiger partial charge is 0.378 e. The molecule has 0 unspecified atom stereocenters. The number of anilines is 1. The van der Waals surface area contributed by atoms with Crippen LogP contribution >= 0.6 is 0 Å². The average Bonchev–Trinajstić information content (AvgIpc) is 2.79. The van der Waals surface area contributed by atoms with E-state index in [2.05, 4.69) is 25.7 Å². The van der Waals surface area contributed by atoms with Crippen LogP contribution in [0.4, 0.5) is 5.82 Å². The summed E-state index contributed by atoms with van der Waals surface area (Å²) in [6.07, 6.45) is 12.1. The number of hydrogen-bond acceptors (Lipinski definition) is 6. The molecule has 1 aliphatic carbocycles. The van der Waals surface area contributed by atoms with Crippen LogP contribution in [0, 0.1) is 5.92 Å². The Morgan fingerprint density at radius 1 is 1.10 bits per heavy atom. The Morgan fingerprint density at radius 3 is 2.61 bits per heavy atom. The van der Waals surface area contributed by atoms with Gasteiger partial charge >= 0.3 is 0 Å². The number of nitrogens with zero attached hydrogens (tertiary/aromatic N) is 3. The van der Waals surface area contributed by atoms with Crippen molar-refractivity contribution in [1.82, 2.24) is 14.7 Å². The Hall–Kier alpha value is -2.03. The first-order chi connectivity index (χ1) is 15.0. The number of hydrogen-bond donors (Lipinski definition) is 1. The van der Waals surface area contributed by atoms with Gasteiger partial charge in [0.2, 0.25) is 10.0 Å². The van der Waals surface area contributed by atoms with Gasteiger partial charge in [-0.05, 0) is 61.8 Å². The van der Waals surface area contributed by atoms with Gasteiger partial charge in [0, 0.05) is 43.6 Å². The van der Waals surface area contributed by atoms with Crippen LogP contribution in [0.5, 0.6) is 0 Å². The lowest BCUT2D eigenvalue weighted by Gasteiger charge is -2.40. The van der Waals surface area contributed by atoms with Crippen molar-refractivity contribution >= 4 is 15.8 Å². The molecule has 0 radical (unpaired) electrons. The minimum atomic E-state index is -3.27. The number of sulfonamides is 1. The zero-order chi connectivity index (χ0) is 21.7. The van der Waals surface area contributed by atoms with Gasteiger partial charge in [-0.1, -0.05) is 12.1 Å². The van der Waals surface area contributed by atoms with Gasteiger partial charge in [0.25, 0.3) is 0 Å². The highest BCUT2D eigenvalue weighted by Crippen LogP contribution is 2.34. The van der Waals surface area contributed by atoms with E-state index in [9.17, 15) is 8.42 Å². The molecule has 3 heterocycles. The maximum Gasteiger partial charge on any atom is 0.208 e. The molecule has 1 saturated carbocycles. The fourth-order valence-corrected chi connectivity index (χ4v) is 5.68. The van der Waals surface area contributed by atoms with Gasteiger partial charge in [-0.3, -0.25) is 4.98 Å². The number of aromatic nitrogens is 2. The molecule has 1 N–H and O–H groups in total. The summed E-state index contributed by atoms with van der Waals surface area (Å²) >= 11 is 0. The van der Waals surface area contributed by atoms with E-state index in [1.54, 1.807) is 6.20 Å². The van der Waals surface area contributed by atoms with E-state index in [0.29, 0.717) is 12.5 Å². The number of nitrogens with one attached hydrogen (secondary N) is 1. The second kappa shape index (κ2) is 10.1. The Bertz CT molecular complexity index is 918. The van der Waals surface area contributed by atoms with E-state index in [1.165, 1.54) is 11.8 Å². The summed E-state index contributed by atoms with van der Waals surface area (Å²) in [5.74, 6) is 1.58. The zero-order valence-corrected chi connectivity index (χ0v) is 18.9. The Morgan fingerprint density at radius 2 is 1.94 bits per heavy atom. The lowest BCUT2D eigenvalue weighted by Crippen LogP contribution is -2.52. The summed E-state index contributed by atoms with van der Waals surface area (Å²) in [6.45, 7) is 2.06. The van der Waals surface area contributed by atoms with Crippen molar-refractivity contribution in [2.24, 2.45) is 5.92 Å². The van der Waals surface area contributed by atoms with Crippen molar-refractivity contribution < 1.29 is 13.2 Å². The first-order valence-corrected chi connectivity index (χ1v) is 13.0. The molecule has 31 heavy (non-hydrogen) atoms. The number of rotatable bonds is 7. The quantitative estimate of drug-likeness (QED) is 0.707. The highest BCUT2D eigenvalue weighted by atomic mass is 32.2. The van der Waals surface area contributed by atoms with Crippen LogP contribution in [-0.2, 0) is 14.8 Å². The fraction of sp³-hybridized carbons (Fsp3) is 0.565. The van der Waals surface area contributed by atoms with Crippen LogP contribution in [0.25, 0.3) is 0 Å². The van der Waals surface area contributed by atoms with E-state index < -0.39 is 10.0 Å². The molecule has 7 nitrogen and oxygen atoms in total. The number of piperidine rings is 1. The van der Waals surface area contributed by atoms with Crippen molar-refractivity contribution in [2.45, 2.75) is 50.2 Å². The van der Waals surface area contributed by atoms with Gasteiger partial charge in [-0.15, -0.1) is 0 Å². The molecule has 2 fully saturated rings. The minimum absolute atomic E-state index is 0.0847. The van der Waals surface area contributed by atoms with E-state index in [0.717, 1.165) is 51.0 Å². The summed E-state index contributed by atoms with van der Waals surface area (Å²) in [6, 6.07) is 9.95. The highest BCUT2D eigenvalue weighted by molar-refractivity contribution is 7.88. The summed E-state index contributed by atoms with van der Waals surface area (Å²) in [5.41, 5.74) is 1.32. The molecule has 0 amide bonds. The summed E-state index contributed by atoms with van der Waals surface area (Å²) in [5, 5.41) is 0. The van der Waals surface area contributed by atoms with Crippen LogP contribution in [0.3, 0.4) is 0 Å². The van der Waals surface area contributed by atoms with Gasteiger partial charge in [0.15, 0.2) is 0 Å². The smallest absolute Gasteiger partial charge is 0.208 e. The topological polar surface area (TPSA) is 84.4 Å². The third-order valence-electron chi connectivity index (χ3n) is 6.45. The molecule has 2 aromatic rings. The predicted molar refractivity (Wildman–Crippen MR) is 122 cm³/mol. The van der Waals surface area contributed by atoms with Crippen molar-refractivity contribution in [3.8, 4) is 0 Å². The van der Waals surface area contributed by atoms with E-state index in [4.69, 9.17) is 4.74 Å². The molecule has 1 saturated heterocycles. The molecule has 2 aliphatic rings. The molecule has 8 heteroatoms. The maximum absolute atomic E-state index is 11.9. The molecule has 1 aliphatic heterocycles. The van der Waals surface area contributed by atoms with Gasteiger partial charge in [0.05, 0.1) is 19.0 Å². The molecule has 0 spiro atoms. The summed E-state index contributed by atoms with van der Waals surface area (Å²) in [4.78, 5) is 10.9. The van der Waals surface area contributed by atoms with Gasteiger partial charge in [-0.2, -0.15) is 0 Å². The molecule has 168 valence electrons. The highest BCUT2D eigenvalue weighted by Gasteiger charge is 2.33. The first kappa shape index (κ1) is 22.2. The minimum Gasteiger partial charge on any atom is -0.378 e. The van der Waals surface area contributed by atoms with Crippen molar-refractivity contribution in [2.75, 3.05) is 30.9 Å². The van der Waals surface area contributed by atoms with Crippen LogP contribution in [-0.4, -0.2) is 56.5 Å². The SMILES string of the molecule is CS(=O)(=O)N[C@H]1CCN(c2ccccn2)C[C@H]1CO[C@H]1CC[C@@H](c2cccnc2)CC1. The summed E-state index contributed by atoms with van der Waals surface area (Å²) < 4.78 is 33.0. The summed E-state index contributed by atoms with van der Waals surface area (Å²) in [7, 11) is -3.27. The van der Waals surface area contributed by atoms with Crippen LogP contribution in [0.15, 0.2) is 48.9 Å². The van der Waals surface area contributed by atoms with Gasteiger partial charge < -0.3 is 9.64 Å². The van der Waals surface area contributed by atoms with Crippen LogP contribution in [0.2, 0.25) is 0 Å². The standard InChI is InChI=1S/C23H32N4O3S/c1-31(28,29)26-22-11-14-27(23-6-2-3-13-25-23)16-20(22)17-30-21-9-7-18(8-10-21)19-5-4-12-24-15-19/h2-6,12-13,15,18,20-22,26H,7-11,14,16-17H2,1H3/t18-,20-,21+,22-/m0/s1. The Kier molecular flexibility index (Phi) is 7.20. The lowest BCUT2D eigenvalue weighted by molar-refractivity contribution is -0.00215. The normalized spacial score (nSPS) is 27.2. The molecule has 4 rings (SSSR count). The van der Waals surface area contributed by atoms with Crippen molar-refractivity contribution in [1.29, 1.82) is 0 Å². The lowest BCUT2D eigenvalue weighted by atomic mass is 9.83. The van der Waals surface area contributed by atoms with Crippen LogP contribution < -0.4 is 9.62 Å². The second-order valence-electron chi connectivity index (χ2n) is 8.77. The molecular formula is C23H32N4O3S. The fourth-order valence-electron chi connectivity index (χ4n) is 4.82. The van der Waals surface area contributed by atoms with Gasteiger partial charge in [0.1, 0.15) is 5.82 Å². The first-order valence-electron chi connectivity index (χ1n) is 11.1. The third kappa shape index (κ3) is 6.24. The van der Waals surface area contributed by atoms with Gasteiger partial charge in [-0.25, -0.2) is 18.1 Å². The third-order valence-corrected chi connectivity index (χ3v) is 7.18. The molecule has 2 aromatic heterocycles. The zero-order valence-electron chi connectivity index (χ0n) is 18.1. The number of pyridine rings is 2. The Labute approximate surface area is 185 Å². The van der Waals surface area contributed by atoms with E-state index >= 15 is 0 Å². The second-order valence-corrected chi connectivity index (χ2v) is 10.6. The number of ether oxygens (including phenoxy) is 1. The monoisotopic (exact) mass is 444 g/mol. The molecule has 0 bridgehead atoms. The van der Waals surface area contributed by atoms with E-state index in [1.807, 2.05) is 36.7 Å². The predicted octanol–water partition coefficient (Wildman–Crippen LogP) is 2.96. The molecule has 0 aromatic carbocycles. The van der Waals surface area contributed by atoms with E-state index in [-0.39, 0.29) is 18.1 Å². The average molecular weight is 445 g/mol.